The van der Waals surface area contributed by atoms with Crippen LogP contribution in [0.5, 0.6) is 5.75 Å². The highest BCUT2D eigenvalue weighted by molar-refractivity contribution is 6.11. The fourth-order valence-electron chi connectivity index (χ4n) is 2.40. The van der Waals surface area contributed by atoms with E-state index in [0.717, 1.165) is 27.4 Å². The van der Waals surface area contributed by atoms with Gasteiger partial charge in [0.1, 0.15) is 5.75 Å². The number of phenolic OH excluding ortho intramolecular Hbond substituents is 1. The maximum atomic E-state index is 10.1. The van der Waals surface area contributed by atoms with Gasteiger partial charge in [-0.3, -0.25) is 0 Å². The van der Waals surface area contributed by atoms with Crippen molar-refractivity contribution < 1.29 is 5.11 Å². The van der Waals surface area contributed by atoms with Crippen molar-refractivity contribution in [3.63, 3.8) is 0 Å². The van der Waals surface area contributed by atoms with Gasteiger partial charge in [-0.15, -0.1) is 0 Å². The van der Waals surface area contributed by atoms with Crippen molar-refractivity contribution in [2.75, 3.05) is 0 Å². The number of aromatic nitrogens is 1. The highest BCUT2D eigenvalue weighted by atomic mass is 16.3. The van der Waals surface area contributed by atoms with E-state index in [2.05, 4.69) is 16.7 Å². The van der Waals surface area contributed by atoms with Crippen LogP contribution in [0.4, 0.5) is 0 Å². The lowest BCUT2D eigenvalue weighted by molar-refractivity contribution is 0.481. The Hall–Kier alpha value is -1.96. The molecule has 2 nitrogen and oxygen atoms in total. The molecule has 0 bridgehead atoms. The number of para-hydroxylation sites is 1. The number of rotatable bonds is 0. The standard InChI is InChI=1S/C14H13NO/c1-9-7-12-14(13(16)8-9)10-5-3-4-6-11(10)15(12)2/h3-8,16H,1-2H3. The molecular weight excluding hydrogens is 198 g/mol. The molecule has 80 valence electrons. The normalized spacial score (nSPS) is 11.4. The molecule has 3 rings (SSSR count). The Balaban J connectivity index is 2.67. The van der Waals surface area contributed by atoms with E-state index in [9.17, 15) is 5.11 Å². The van der Waals surface area contributed by atoms with E-state index < -0.39 is 0 Å². The summed E-state index contributed by atoms with van der Waals surface area (Å²) in [5.41, 5.74) is 3.31. The zero-order valence-electron chi connectivity index (χ0n) is 9.36. The Morgan fingerprint density at radius 1 is 1.06 bits per heavy atom. The molecule has 0 unspecified atom stereocenters. The van der Waals surface area contributed by atoms with Crippen molar-refractivity contribution in [2.24, 2.45) is 7.05 Å². The number of aromatic hydroxyl groups is 1. The second kappa shape index (κ2) is 3.01. The van der Waals surface area contributed by atoms with Crippen molar-refractivity contribution >= 4 is 21.8 Å². The number of hydrogen-bond acceptors (Lipinski definition) is 1. The monoisotopic (exact) mass is 211 g/mol. The van der Waals surface area contributed by atoms with Crippen molar-refractivity contribution in [2.45, 2.75) is 6.92 Å². The van der Waals surface area contributed by atoms with Gasteiger partial charge in [0.2, 0.25) is 0 Å². The van der Waals surface area contributed by atoms with E-state index in [0.29, 0.717) is 5.75 Å². The van der Waals surface area contributed by atoms with E-state index in [1.165, 1.54) is 0 Å². The van der Waals surface area contributed by atoms with Gasteiger partial charge in [-0.25, -0.2) is 0 Å². The van der Waals surface area contributed by atoms with Crippen LogP contribution < -0.4 is 0 Å². The van der Waals surface area contributed by atoms with E-state index >= 15 is 0 Å². The summed E-state index contributed by atoms with van der Waals surface area (Å²) in [5.74, 6) is 0.367. The van der Waals surface area contributed by atoms with Crippen molar-refractivity contribution in [3.05, 3.63) is 42.0 Å². The van der Waals surface area contributed by atoms with Crippen LogP contribution in [-0.2, 0) is 7.05 Å². The second-order valence-electron chi connectivity index (χ2n) is 4.25. The molecule has 0 saturated carbocycles. The van der Waals surface area contributed by atoms with Gasteiger partial charge < -0.3 is 9.67 Å². The molecule has 0 aliphatic carbocycles. The summed E-state index contributed by atoms with van der Waals surface area (Å²) in [7, 11) is 2.03. The highest BCUT2D eigenvalue weighted by Crippen LogP contribution is 2.34. The molecule has 0 atom stereocenters. The fraction of sp³-hybridized carbons (Fsp3) is 0.143. The average Bonchev–Trinajstić information content (AvgIpc) is 2.54. The van der Waals surface area contributed by atoms with Gasteiger partial charge in [0.05, 0.1) is 5.52 Å². The van der Waals surface area contributed by atoms with Gasteiger partial charge in [-0.2, -0.15) is 0 Å². The summed E-state index contributed by atoms with van der Waals surface area (Å²) >= 11 is 0. The Kier molecular flexibility index (Phi) is 1.75. The van der Waals surface area contributed by atoms with Crippen molar-refractivity contribution in [1.29, 1.82) is 0 Å². The molecule has 1 aromatic heterocycles. The van der Waals surface area contributed by atoms with Crippen LogP contribution in [0.1, 0.15) is 5.56 Å². The first-order chi connectivity index (χ1) is 7.68. The quantitative estimate of drug-likeness (QED) is 0.606. The molecule has 1 heterocycles. The molecule has 0 aliphatic heterocycles. The minimum Gasteiger partial charge on any atom is -0.507 e. The molecule has 0 aliphatic rings. The molecule has 0 spiro atoms. The van der Waals surface area contributed by atoms with Crippen LogP contribution >= 0.6 is 0 Å². The topological polar surface area (TPSA) is 25.2 Å². The molecule has 0 saturated heterocycles. The second-order valence-corrected chi connectivity index (χ2v) is 4.25. The summed E-state index contributed by atoms with van der Waals surface area (Å²) in [6.45, 7) is 2.00. The average molecular weight is 211 g/mol. The van der Waals surface area contributed by atoms with E-state index in [1.807, 2.05) is 38.2 Å². The fourth-order valence-corrected chi connectivity index (χ4v) is 2.40. The Morgan fingerprint density at radius 3 is 2.62 bits per heavy atom. The zero-order chi connectivity index (χ0) is 11.3. The Bertz CT molecular complexity index is 695. The smallest absolute Gasteiger partial charge is 0.125 e. The Labute approximate surface area is 93.7 Å². The van der Waals surface area contributed by atoms with Crippen LogP contribution in [-0.4, -0.2) is 9.67 Å². The molecular formula is C14H13NO. The lowest BCUT2D eigenvalue weighted by atomic mass is 10.1. The molecule has 16 heavy (non-hydrogen) atoms. The minimum absolute atomic E-state index is 0.367. The third-order valence-corrected chi connectivity index (χ3v) is 3.14. The molecule has 3 aromatic rings. The SMILES string of the molecule is Cc1cc(O)c2c3ccccc3n(C)c2c1. The predicted molar refractivity (Wildman–Crippen MR) is 66.8 cm³/mol. The maximum absolute atomic E-state index is 10.1. The first-order valence-corrected chi connectivity index (χ1v) is 5.35. The van der Waals surface area contributed by atoms with E-state index in [-0.39, 0.29) is 0 Å². The first-order valence-electron chi connectivity index (χ1n) is 5.35. The number of fused-ring (bicyclic) bond motifs is 3. The number of nitrogens with zero attached hydrogens (tertiary/aromatic N) is 1. The molecule has 2 heteroatoms. The molecule has 0 amide bonds. The molecule has 2 aromatic carbocycles. The largest absolute Gasteiger partial charge is 0.507 e. The van der Waals surface area contributed by atoms with Crippen LogP contribution in [0, 0.1) is 6.92 Å². The summed E-state index contributed by atoms with van der Waals surface area (Å²) in [5, 5.41) is 12.1. The number of phenols is 1. The van der Waals surface area contributed by atoms with Crippen LogP contribution in [0.25, 0.3) is 21.8 Å². The minimum atomic E-state index is 0.367. The summed E-state index contributed by atoms with van der Waals surface area (Å²) < 4.78 is 2.12. The van der Waals surface area contributed by atoms with Gasteiger partial charge in [0.15, 0.2) is 0 Å². The van der Waals surface area contributed by atoms with Crippen LogP contribution in [0.2, 0.25) is 0 Å². The van der Waals surface area contributed by atoms with Crippen molar-refractivity contribution in [3.8, 4) is 5.75 Å². The van der Waals surface area contributed by atoms with Gasteiger partial charge in [-0.05, 0) is 30.7 Å². The zero-order valence-corrected chi connectivity index (χ0v) is 9.36. The van der Waals surface area contributed by atoms with Gasteiger partial charge in [0.25, 0.3) is 0 Å². The molecule has 1 N–H and O–H groups in total. The maximum Gasteiger partial charge on any atom is 0.125 e. The summed E-state index contributed by atoms with van der Waals surface area (Å²) in [6.07, 6.45) is 0. The molecule has 0 fully saturated rings. The molecule has 0 radical (unpaired) electrons. The summed E-state index contributed by atoms with van der Waals surface area (Å²) in [6, 6.07) is 12.1. The predicted octanol–water partition coefficient (Wildman–Crippen LogP) is 3.35. The van der Waals surface area contributed by atoms with E-state index in [4.69, 9.17) is 0 Å². The van der Waals surface area contributed by atoms with Gasteiger partial charge in [-0.1, -0.05) is 18.2 Å². The number of hydrogen-bond donors (Lipinski definition) is 1. The van der Waals surface area contributed by atoms with Crippen LogP contribution in [0.15, 0.2) is 36.4 Å². The third kappa shape index (κ3) is 1.07. The lowest BCUT2D eigenvalue weighted by Crippen LogP contribution is -1.86. The summed E-state index contributed by atoms with van der Waals surface area (Å²) in [4.78, 5) is 0. The lowest BCUT2D eigenvalue weighted by Gasteiger charge is -2.00. The third-order valence-electron chi connectivity index (χ3n) is 3.14. The van der Waals surface area contributed by atoms with Crippen LogP contribution in [0.3, 0.4) is 0 Å². The van der Waals surface area contributed by atoms with Gasteiger partial charge >= 0.3 is 0 Å². The highest BCUT2D eigenvalue weighted by Gasteiger charge is 2.11. The van der Waals surface area contributed by atoms with E-state index in [1.54, 1.807) is 0 Å². The van der Waals surface area contributed by atoms with Crippen molar-refractivity contribution in [1.82, 2.24) is 4.57 Å². The first kappa shape index (κ1) is 9.28. The number of aryl methyl sites for hydroxylation is 2. The van der Waals surface area contributed by atoms with Gasteiger partial charge in [0, 0.05) is 23.3 Å². The number of benzene rings is 2. The Morgan fingerprint density at radius 2 is 1.81 bits per heavy atom.